The van der Waals surface area contributed by atoms with Gasteiger partial charge in [0.25, 0.3) is 0 Å². The van der Waals surface area contributed by atoms with Crippen molar-refractivity contribution in [2.24, 2.45) is 11.3 Å². The summed E-state index contributed by atoms with van der Waals surface area (Å²) in [7, 11) is 0. The zero-order valence-electron chi connectivity index (χ0n) is 13.9. The smallest absolute Gasteiger partial charge is 0.245 e. The molecule has 2 unspecified atom stereocenters. The zero-order valence-corrected chi connectivity index (χ0v) is 13.9. The predicted molar refractivity (Wildman–Crippen MR) is 83.8 cm³/mol. The molecule has 4 heteroatoms. The fourth-order valence-electron chi connectivity index (χ4n) is 3.61. The van der Waals surface area contributed by atoms with E-state index in [2.05, 4.69) is 26.1 Å². The summed E-state index contributed by atoms with van der Waals surface area (Å²) in [6, 6.07) is -0.590. The van der Waals surface area contributed by atoms with E-state index in [1.807, 2.05) is 11.8 Å². The van der Waals surface area contributed by atoms with Crippen LogP contribution in [-0.4, -0.2) is 35.3 Å². The second kappa shape index (κ2) is 6.37. The maximum Gasteiger partial charge on any atom is 0.245 e. The molecule has 2 amide bonds. The van der Waals surface area contributed by atoms with Crippen LogP contribution in [0.4, 0.5) is 0 Å². The number of hydrogen-bond donors (Lipinski definition) is 1. The molecule has 0 radical (unpaired) electrons. The Bertz CT molecular complexity index is 402. The van der Waals surface area contributed by atoms with E-state index < -0.39 is 0 Å². The minimum Gasteiger partial charge on any atom is -0.342 e. The second-order valence-corrected chi connectivity index (χ2v) is 7.33. The first-order valence-electron chi connectivity index (χ1n) is 8.53. The molecule has 1 aliphatic carbocycles. The average Bonchev–Trinajstić information content (AvgIpc) is 3.15. The molecule has 0 aromatic rings. The molecule has 2 atom stereocenters. The van der Waals surface area contributed by atoms with Gasteiger partial charge in [0.05, 0.1) is 0 Å². The van der Waals surface area contributed by atoms with Crippen LogP contribution in [0, 0.1) is 11.3 Å². The van der Waals surface area contributed by atoms with E-state index in [1.54, 1.807) is 0 Å². The highest BCUT2D eigenvalue weighted by molar-refractivity contribution is 5.97. The quantitative estimate of drug-likeness (QED) is 0.785. The average molecular weight is 294 g/mol. The number of carbonyl (C=O) groups is 2. The third kappa shape index (κ3) is 3.58. The molecule has 21 heavy (non-hydrogen) atoms. The maximum atomic E-state index is 12.8. The van der Waals surface area contributed by atoms with Gasteiger partial charge in [-0.1, -0.05) is 34.1 Å². The molecule has 120 valence electrons. The highest BCUT2D eigenvalue weighted by Crippen LogP contribution is 2.50. The molecule has 0 bridgehead atoms. The Hall–Kier alpha value is -1.06. The molecule has 1 heterocycles. The molecule has 1 N–H and O–H groups in total. The molecule has 1 saturated heterocycles. The SMILES string of the molecule is CCCC1(CN2C(=O)C(CC(C)C)NC(=O)C2CC)CC1. The van der Waals surface area contributed by atoms with Gasteiger partial charge in [0, 0.05) is 6.54 Å². The van der Waals surface area contributed by atoms with Crippen LogP contribution in [0.3, 0.4) is 0 Å². The van der Waals surface area contributed by atoms with Gasteiger partial charge in [0.1, 0.15) is 12.1 Å². The number of piperazine rings is 1. The number of amides is 2. The topological polar surface area (TPSA) is 49.4 Å². The molecule has 0 aromatic heterocycles. The molecule has 2 rings (SSSR count). The summed E-state index contributed by atoms with van der Waals surface area (Å²) in [5, 5.41) is 2.94. The van der Waals surface area contributed by atoms with Crippen LogP contribution >= 0.6 is 0 Å². The Labute approximate surface area is 128 Å². The Kier molecular flexibility index (Phi) is 4.95. The Morgan fingerprint density at radius 3 is 2.43 bits per heavy atom. The van der Waals surface area contributed by atoms with Crippen molar-refractivity contribution in [1.29, 1.82) is 0 Å². The van der Waals surface area contributed by atoms with Crippen LogP contribution in [0.2, 0.25) is 0 Å². The Morgan fingerprint density at radius 1 is 1.29 bits per heavy atom. The fraction of sp³-hybridized carbons (Fsp3) is 0.882. The van der Waals surface area contributed by atoms with Crippen molar-refractivity contribution in [3.63, 3.8) is 0 Å². The number of nitrogens with one attached hydrogen (secondary N) is 1. The summed E-state index contributed by atoms with van der Waals surface area (Å²) in [6.45, 7) is 9.15. The summed E-state index contributed by atoms with van der Waals surface area (Å²) in [4.78, 5) is 27.0. The van der Waals surface area contributed by atoms with Gasteiger partial charge < -0.3 is 10.2 Å². The summed E-state index contributed by atoms with van der Waals surface area (Å²) < 4.78 is 0. The molecular weight excluding hydrogens is 264 g/mol. The summed E-state index contributed by atoms with van der Waals surface area (Å²) in [6.07, 6.45) is 6.17. The van der Waals surface area contributed by atoms with Gasteiger partial charge in [0.15, 0.2) is 0 Å². The molecule has 2 fully saturated rings. The van der Waals surface area contributed by atoms with Crippen molar-refractivity contribution in [2.75, 3.05) is 6.54 Å². The van der Waals surface area contributed by atoms with Crippen LogP contribution in [0.25, 0.3) is 0 Å². The lowest BCUT2D eigenvalue weighted by Gasteiger charge is -2.41. The first kappa shape index (κ1) is 16.3. The second-order valence-electron chi connectivity index (χ2n) is 7.33. The highest BCUT2D eigenvalue weighted by Gasteiger charge is 2.48. The lowest BCUT2D eigenvalue weighted by molar-refractivity contribution is -0.151. The van der Waals surface area contributed by atoms with Gasteiger partial charge in [-0.25, -0.2) is 0 Å². The first-order chi connectivity index (χ1) is 9.92. The van der Waals surface area contributed by atoms with Gasteiger partial charge >= 0.3 is 0 Å². The van der Waals surface area contributed by atoms with Crippen molar-refractivity contribution < 1.29 is 9.59 Å². The molecule has 0 spiro atoms. The molecule has 2 aliphatic rings. The summed E-state index contributed by atoms with van der Waals surface area (Å²) in [5.74, 6) is 0.581. The number of nitrogens with zero attached hydrogens (tertiary/aromatic N) is 1. The monoisotopic (exact) mass is 294 g/mol. The van der Waals surface area contributed by atoms with E-state index in [4.69, 9.17) is 0 Å². The van der Waals surface area contributed by atoms with Gasteiger partial charge in [-0.15, -0.1) is 0 Å². The van der Waals surface area contributed by atoms with Crippen LogP contribution < -0.4 is 5.32 Å². The lowest BCUT2D eigenvalue weighted by Crippen LogP contribution is -2.64. The summed E-state index contributed by atoms with van der Waals surface area (Å²) >= 11 is 0. The third-order valence-electron chi connectivity index (χ3n) is 4.91. The number of carbonyl (C=O) groups excluding carboxylic acids is 2. The Morgan fingerprint density at radius 2 is 1.95 bits per heavy atom. The van der Waals surface area contributed by atoms with Gasteiger partial charge in [0.2, 0.25) is 11.8 Å². The Balaban J connectivity index is 2.13. The third-order valence-corrected chi connectivity index (χ3v) is 4.91. The van der Waals surface area contributed by atoms with Crippen LogP contribution in [-0.2, 0) is 9.59 Å². The predicted octanol–water partition coefficient (Wildman–Crippen LogP) is 2.72. The molecule has 1 aliphatic heterocycles. The molecule has 1 saturated carbocycles. The van der Waals surface area contributed by atoms with E-state index in [-0.39, 0.29) is 23.9 Å². The lowest BCUT2D eigenvalue weighted by atomic mass is 9.94. The molecular formula is C17H30N2O2. The minimum atomic E-state index is -0.322. The van der Waals surface area contributed by atoms with E-state index in [9.17, 15) is 9.59 Å². The molecule has 4 nitrogen and oxygen atoms in total. The van der Waals surface area contributed by atoms with Crippen LogP contribution in [0.1, 0.15) is 66.2 Å². The standard InChI is InChI=1S/C17H30N2O2/c1-5-7-17(8-9-17)11-19-14(6-2)15(20)18-13(16(19)21)10-12(3)4/h12-14H,5-11H2,1-4H3,(H,18,20). The van der Waals surface area contributed by atoms with Gasteiger partial charge in [-0.05, 0) is 43.4 Å². The number of rotatable bonds is 7. The molecule has 0 aromatic carbocycles. The van der Waals surface area contributed by atoms with E-state index >= 15 is 0 Å². The van der Waals surface area contributed by atoms with Crippen LogP contribution in [0.5, 0.6) is 0 Å². The van der Waals surface area contributed by atoms with Crippen LogP contribution in [0.15, 0.2) is 0 Å². The number of hydrogen-bond acceptors (Lipinski definition) is 2. The van der Waals surface area contributed by atoms with Gasteiger partial charge in [-0.3, -0.25) is 9.59 Å². The maximum absolute atomic E-state index is 12.8. The van der Waals surface area contributed by atoms with Crippen molar-refractivity contribution in [2.45, 2.75) is 78.3 Å². The van der Waals surface area contributed by atoms with E-state index in [1.165, 1.54) is 19.3 Å². The van der Waals surface area contributed by atoms with E-state index in [0.29, 0.717) is 17.8 Å². The van der Waals surface area contributed by atoms with Crippen molar-refractivity contribution in [3.05, 3.63) is 0 Å². The minimum absolute atomic E-state index is 0.0371. The van der Waals surface area contributed by atoms with Crippen molar-refractivity contribution in [1.82, 2.24) is 10.2 Å². The summed E-state index contributed by atoms with van der Waals surface area (Å²) in [5.41, 5.74) is 0.303. The largest absolute Gasteiger partial charge is 0.342 e. The van der Waals surface area contributed by atoms with E-state index in [0.717, 1.165) is 19.4 Å². The fourth-order valence-corrected chi connectivity index (χ4v) is 3.61. The first-order valence-corrected chi connectivity index (χ1v) is 8.53. The van der Waals surface area contributed by atoms with Crippen molar-refractivity contribution in [3.8, 4) is 0 Å². The highest BCUT2D eigenvalue weighted by atomic mass is 16.2. The zero-order chi connectivity index (χ0) is 15.6. The van der Waals surface area contributed by atoms with Crippen molar-refractivity contribution >= 4 is 11.8 Å². The van der Waals surface area contributed by atoms with Gasteiger partial charge in [-0.2, -0.15) is 0 Å². The normalized spacial score (nSPS) is 28.0.